The first-order chi connectivity index (χ1) is 11.5. The summed E-state index contributed by atoms with van der Waals surface area (Å²) in [5, 5.41) is 11.4. The minimum Gasteiger partial charge on any atom is -0.465 e. The van der Waals surface area contributed by atoms with Crippen molar-refractivity contribution in [3.05, 3.63) is 28.2 Å². The van der Waals surface area contributed by atoms with Gasteiger partial charge in [0, 0.05) is 32.5 Å². The average molecular weight is 371 g/mol. The number of esters is 1. The number of hydrogen-bond donors (Lipinski definition) is 1. The van der Waals surface area contributed by atoms with Gasteiger partial charge in [-0.05, 0) is 18.8 Å². The number of imidazole rings is 1. The Morgan fingerprint density at radius 1 is 1.50 bits per heavy atom. The molecule has 3 rings (SSSR count). The number of nitrogens with zero attached hydrogens (tertiary/aromatic N) is 4. The van der Waals surface area contributed by atoms with Crippen molar-refractivity contribution in [1.29, 1.82) is 0 Å². The number of rotatable bonds is 4. The summed E-state index contributed by atoms with van der Waals surface area (Å²) in [6.45, 7) is 1.49. The van der Waals surface area contributed by atoms with Crippen molar-refractivity contribution < 1.29 is 14.6 Å². The normalized spacial score (nSPS) is 17.1. The standard InChI is InChI=1S/C15H19ClN4O3S/c1-19-8-5-17-13(19)10(21)9-3-6-20(7-4-9)15-18-12(16)11(24-15)14(22)23-2/h5,8-10,21H,3-4,6-7H2,1-2H3. The molecule has 24 heavy (non-hydrogen) atoms. The van der Waals surface area contributed by atoms with Crippen molar-refractivity contribution in [1.82, 2.24) is 14.5 Å². The van der Waals surface area contributed by atoms with Gasteiger partial charge < -0.3 is 19.3 Å². The zero-order valence-electron chi connectivity index (χ0n) is 13.5. The van der Waals surface area contributed by atoms with Gasteiger partial charge in [-0.3, -0.25) is 0 Å². The molecule has 1 aliphatic heterocycles. The second-order valence-electron chi connectivity index (χ2n) is 5.77. The van der Waals surface area contributed by atoms with E-state index in [1.807, 2.05) is 17.8 Å². The topological polar surface area (TPSA) is 80.5 Å². The van der Waals surface area contributed by atoms with Gasteiger partial charge in [0.2, 0.25) is 0 Å². The highest BCUT2D eigenvalue weighted by molar-refractivity contribution is 7.18. The zero-order valence-corrected chi connectivity index (χ0v) is 15.0. The number of aliphatic hydroxyl groups excluding tert-OH is 1. The van der Waals surface area contributed by atoms with E-state index in [4.69, 9.17) is 16.3 Å². The summed E-state index contributed by atoms with van der Waals surface area (Å²) in [6.07, 6.45) is 4.59. The van der Waals surface area contributed by atoms with Crippen LogP contribution in [0.15, 0.2) is 12.4 Å². The fourth-order valence-electron chi connectivity index (χ4n) is 2.92. The lowest BCUT2D eigenvalue weighted by atomic mass is 9.91. The molecule has 1 fully saturated rings. The van der Waals surface area contributed by atoms with Crippen LogP contribution in [0, 0.1) is 5.92 Å². The Hall–Kier alpha value is -1.64. The van der Waals surface area contributed by atoms with Gasteiger partial charge in [-0.25, -0.2) is 14.8 Å². The Balaban J connectivity index is 1.65. The molecule has 2 aromatic heterocycles. The van der Waals surface area contributed by atoms with Gasteiger partial charge in [0.05, 0.1) is 7.11 Å². The highest BCUT2D eigenvalue weighted by Gasteiger charge is 2.30. The molecule has 1 saturated heterocycles. The summed E-state index contributed by atoms with van der Waals surface area (Å²) in [6, 6.07) is 0. The Morgan fingerprint density at radius 3 is 2.79 bits per heavy atom. The minimum absolute atomic E-state index is 0.151. The van der Waals surface area contributed by atoms with Crippen molar-refractivity contribution in [3.63, 3.8) is 0 Å². The SMILES string of the molecule is COC(=O)c1sc(N2CCC(C(O)c3nccn3C)CC2)nc1Cl. The van der Waals surface area contributed by atoms with E-state index in [0.717, 1.165) is 25.9 Å². The molecule has 0 radical (unpaired) electrons. The monoisotopic (exact) mass is 370 g/mol. The molecule has 1 aliphatic rings. The van der Waals surface area contributed by atoms with Crippen LogP contribution in [0.4, 0.5) is 5.13 Å². The molecule has 9 heteroatoms. The van der Waals surface area contributed by atoms with E-state index in [1.165, 1.54) is 18.4 Å². The molecule has 0 aliphatic carbocycles. The van der Waals surface area contributed by atoms with Crippen molar-refractivity contribution in [2.24, 2.45) is 13.0 Å². The van der Waals surface area contributed by atoms with Gasteiger partial charge in [-0.2, -0.15) is 0 Å². The maximum atomic E-state index is 11.6. The minimum atomic E-state index is -0.572. The average Bonchev–Trinajstić information content (AvgIpc) is 3.19. The van der Waals surface area contributed by atoms with Crippen LogP contribution < -0.4 is 4.90 Å². The first-order valence-corrected chi connectivity index (χ1v) is 8.85. The molecule has 0 aromatic carbocycles. The molecule has 7 nitrogen and oxygen atoms in total. The molecule has 0 saturated carbocycles. The fourth-order valence-corrected chi connectivity index (χ4v) is 4.18. The first kappa shape index (κ1) is 17.2. The van der Waals surface area contributed by atoms with E-state index in [0.29, 0.717) is 15.8 Å². The lowest BCUT2D eigenvalue weighted by Gasteiger charge is -2.33. The number of aromatic nitrogens is 3. The Labute approximate surface area is 148 Å². The summed E-state index contributed by atoms with van der Waals surface area (Å²) in [5.74, 6) is 0.375. The second kappa shape index (κ2) is 7.08. The maximum Gasteiger partial charge on any atom is 0.351 e. The largest absolute Gasteiger partial charge is 0.465 e. The van der Waals surface area contributed by atoms with Crippen LogP contribution in [-0.2, 0) is 11.8 Å². The highest BCUT2D eigenvalue weighted by atomic mass is 35.5. The molecule has 1 atom stereocenters. The van der Waals surface area contributed by atoms with Gasteiger partial charge in [-0.15, -0.1) is 0 Å². The van der Waals surface area contributed by atoms with E-state index in [9.17, 15) is 9.90 Å². The van der Waals surface area contributed by atoms with Crippen LogP contribution in [0.1, 0.15) is 34.4 Å². The lowest BCUT2D eigenvalue weighted by molar-refractivity contribution is 0.0606. The van der Waals surface area contributed by atoms with Gasteiger partial charge in [0.15, 0.2) is 15.2 Å². The predicted octanol–water partition coefficient (Wildman–Crippen LogP) is 2.27. The number of hydrogen-bond acceptors (Lipinski definition) is 7. The molecule has 2 aromatic rings. The summed E-state index contributed by atoms with van der Waals surface area (Å²) < 4.78 is 6.55. The number of methoxy groups -OCH3 is 1. The molecule has 3 heterocycles. The summed E-state index contributed by atoms with van der Waals surface area (Å²) in [4.78, 5) is 22.5. The Morgan fingerprint density at radius 2 is 2.21 bits per heavy atom. The number of aliphatic hydroxyl groups is 1. The quantitative estimate of drug-likeness (QED) is 0.831. The third-order valence-corrected chi connectivity index (χ3v) is 5.81. The van der Waals surface area contributed by atoms with E-state index >= 15 is 0 Å². The molecule has 0 bridgehead atoms. The van der Waals surface area contributed by atoms with Crippen LogP contribution in [0.25, 0.3) is 0 Å². The predicted molar refractivity (Wildman–Crippen MR) is 91.6 cm³/mol. The van der Waals surface area contributed by atoms with Crippen molar-refractivity contribution in [2.45, 2.75) is 18.9 Å². The second-order valence-corrected chi connectivity index (χ2v) is 7.11. The number of halogens is 1. The Kier molecular flexibility index (Phi) is 5.07. The molecule has 1 unspecified atom stereocenters. The number of anilines is 1. The number of aryl methyl sites for hydroxylation is 1. The fraction of sp³-hybridized carbons (Fsp3) is 0.533. The van der Waals surface area contributed by atoms with E-state index in [2.05, 4.69) is 14.9 Å². The summed E-state index contributed by atoms with van der Waals surface area (Å²) >= 11 is 7.26. The third-order valence-electron chi connectivity index (χ3n) is 4.32. The first-order valence-electron chi connectivity index (χ1n) is 7.66. The number of carbonyl (C=O) groups is 1. The van der Waals surface area contributed by atoms with Gasteiger partial charge >= 0.3 is 5.97 Å². The molecule has 130 valence electrons. The smallest absolute Gasteiger partial charge is 0.351 e. The van der Waals surface area contributed by atoms with Gasteiger partial charge in [0.1, 0.15) is 11.9 Å². The zero-order chi connectivity index (χ0) is 17.3. The molecular weight excluding hydrogens is 352 g/mol. The van der Waals surface area contributed by atoms with Crippen molar-refractivity contribution >= 4 is 34.0 Å². The van der Waals surface area contributed by atoms with Crippen LogP contribution in [0.3, 0.4) is 0 Å². The van der Waals surface area contributed by atoms with Gasteiger partial charge in [0.25, 0.3) is 0 Å². The van der Waals surface area contributed by atoms with Crippen LogP contribution in [0.2, 0.25) is 5.15 Å². The number of thiazole rings is 1. The molecule has 1 N–H and O–H groups in total. The van der Waals surface area contributed by atoms with Gasteiger partial charge in [-0.1, -0.05) is 22.9 Å². The highest BCUT2D eigenvalue weighted by Crippen LogP contribution is 2.35. The van der Waals surface area contributed by atoms with Crippen LogP contribution in [0.5, 0.6) is 0 Å². The molecular formula is C15H19ClN4O3S. The number of piperidine rings is 1. The number of ether oxygens (including phenoxy) is 1. The van der Waals surface area contributed by atoms with Crippen LogP contribution >= 0.6 is 22.9 Å². The van der Waals surface area contributed by atoms with E-state index in [-0.39, 0.29) is 11.1 Å². The maximum absolute atomic E-state index is 11.6. The van der Waals surface area contributed by atoms with Crippen LogP contribution in [-0.4, -0.2) is 45.8 Å². The molecule has 0 spiro atoms. The van der Waals surface area contributed by atoms with E-state index in [1.54, 1.807) is 6.20 Å². The van der Waals surface area contributed by atoms with E-state index < -0.39 is 12.1 Å². The lowest BCUT2D eigenvalue weighted by Crippen LogP contribution is -2.36. The Bertz CT molecular complexity index is 724. The number of carbonyl (C=O) groups excluding carboxylic acids is 1. The van der Waals surface area contributed by atoms with Crippen molar-refractivity contribution in [3.8, 4) is 0 Å². The van der Waals surface area contributed by atoms with Crippen molar-refractivity contribution in [2.75, 3.05) is 25.1 Å². The molecule has 0 amide bonds. The summed E-state index contributed by atoms with van der Waals surface area (Å²) in [5.41, 5.74) is 0. The third kappa shape index (κ3) is 3.26. The summed E-state index contributed by atoms with van der Waals surface area (Å²) in [7, 11) is 3.20.